The summed E-state index contributed by atoms with van der Waals surface area (Å²) >= 11 is 0. The third-order valence-electron chi connectivity index (χ3n) is 6.16. The van der Waals surface area contributed by atoms with Gasteiger partial charge in [-0.2, -0.15) is 0 Å². The number of benzene rings is 2. The van der Waals surface area contributed by atoms with Crippen LogP contribution in [0.15, 0.2) is 24.3 Å². The van der Waals surface area contributed by atoms with Crippen LogP contribution in [0.2, 0.25) is 0 Å². The zero-order valence-electron chi connectivity index (χ0n) is 23.1. The Morgan fingerprint density at radius 3 is 1.79 bits per heavy atom. The van der Waals surface area contributed by atoms with Gasteiger partial charge < -0.3 is 24.4 Å². The first kappa shape index (κ1) is 31.3. The molecule has 0 aliphatic rings. The van der Waals surface area contributed by atoms with Crippen LogP contribution in [-0.2, 0) is 16.1 Å². The van der Waals surface area contributed by atoms with Crippen molar-refractivity contribution in [2.75, 3.05) is 7.11 Å². The summed E-state index contributed by atoms with van der Waals surface area (Å²) in [6.07, 6.45) is 3.31. The Balaban J connectivity index is 2.69. The molecule has 39 heavy (non-hydrogen) atoms. The quantitative estimate of drug-likeness (QED) is 0.108. The topological polar surface area (TPSA) is 136 Å². The van der Waals surface area contributed by atoms with Crippen LogP contribution in [0.25, 0.3) is 0 Å². The largest absolute Gasteiger partial charge is 0.504 e. The smallest absolute Gasteiger partial charge is 0.340 e. The second kappa shape index (κ2) is 15.5. The highest BCUT2D eigenvalue weighted by molar-refractivity contribution is 6.17. The Hall–Kier alpha value is -3.88. The minimum atomic E-state index is -1.06. The fourth-order valence-electron chi connectivity index (χ4n) is 3.90. The lowest BCUT2D eigenvalue weighted by molar-refractivity contribution is -0.134. The number of rotatable bonds is 16. The second-order valence-electron chi connectivity index (χ2n) is 9.21. The van der Waals surface area contributed by atoms with E-state index in [1.807, 2.05) is 20.8 Å². The minimum absolute atomic E-state index is 0.00623. The standard InChI is InChI=1S/C30H38O9/c1-5-8-11-21(31)24-26(30(36)38-18-19-14-16-20(37-4)17-15-19)25(22(32)12-9-6-2)29(28(35)27(24)34)39-23(33)13-10-7-3/h14-17,34-35H,5-13,18H2,1-4H3. The van der Waals surface area contributed by atoms with Gasteiger partial charge in [0.25, 0.3) is 0 Å². The highest BCUT2D eigenvalue weighted by Gasteiger charge is 2.36. The molecule has 2 aromatic carbocycles. The Morgan fingerprint density at radius 2 is 1.26 bits per heavy atom. The highest BCUT2D eigenvalue weighted by Crippen LogP contribution is 2.46. The van der Waals surface area contributed by atoms with Crippen molar-refractivity contribution in [3.05, 3.63) is 46.5 Å². The molecule has 0 aliphatic heterocycles. The van der Waals surface area contributed by atoms with E-state index < -0.39 is 57.4 Å². The molecule has 212 valence electrons. The molecule has 0 saturated heterocycles. The number of phenolic OH excluding ortho intramolecular Hbond substituents is 2. The fraction of sp³-hybridized carbons (Fsp3) is 0.467. The molecule has 0 radical (unpaired) electrons. The van der Waals surface area contributed by atoms with Gasteiger partial charge in [0.2, 0.25) is 5.75 Å². The Labute approximate surface area is 229 Å². The lowest BCUT2D eigenvalue weighted by Gasteiger charge is -2.20. The summed E-state index contributed by atoms with van der Waals surface area (Å²) < 4.78 is 16.0. The summed E-state index contributed by atoms with van der Waals surface area (Å²) in [5.74, 6) is -4.98. The molecule has 0 aliphatic carbocycles. The van der Waals surface area contributed by atoms with Crippen molar-refractivity contribution in [3.63, 3.8) is 0 Å². The molecule has 9 heteroatoms. The van der Waals surface area contributed by atoms with Crippen LogP contribution >= 0.6 is 0 Å². The van der Waals surface area contributed by atoms with Crippen molar-refractivity contribution in [2.45, 2.75) is 85.2 Å². The van der Waals surface area contributed by atoms with Crippen molar-refractivity contribution in [2.24, 2.45) is 0 Å². The maximum Gasteiger partial charge on any atom is 0.340 e. The monoisotopic (exact) mass is 542 g/mol. The van der Waals surface area contributed by atoms with E-state index >= 15 is 0 Å². The molecular formula is C30H38O9. The average molecular weight is 543 g/mol. The van der Waals surface area contributed by atoms with Crippen molar-refractivity contribution in [3.8, 4) is 23.0 Å². The molecule has 9 nitrogen and oxygen atoms in total. The van der Waals surface area contributed by atoms with Crippen LogP contribution in [0.5, 0.6) is 23.0 Å². The molecule has 2 N–H and O–H groups in total. The fourth-order valence-corrected chi connectivity index (χ4v) is 3.90. The summed E-state index contributed by atoms with van der Waals surface area (Å²) in [6.45, 7) is 5.41. The maximum absolute atomic E-state index is 13.5. The van der Waals surface area contributed by atoms with Crippen LogP contribution in [0.1, 0.15) is 115 Å². The number of phenols is 2. The molecule has 2 aromatic rings. The third-order valence-corrected chi connectivity index (χ3v) is 6.16. The van der Waals surface area contributed by atoms with Crippen LogP contribution in [0, 0.1) is 0 Å². The second-order valence-corrected chi connectivity index (χ2v) is 9.21. The molecule has 0 fully saturated rings. The number of Topliss-reactive ketones (excluding diaryl/α,β-unsaturated/α-hetero) is 2. The van der Waals surface area contributed by atoms with Crippen LogP contribution in [0.3, 0.4) is 0 Å². The molecule has 0 unspecified atom stereocenters. The Morgan fingerprint density at radius 1 is 0.718 bits per heavy atom. The first-order valence-corrected chi connectivity index (χ1v) is 13.4. The van der Waals surface area contributed by atoms with Crippen molar-refractivity contribution in [1.29, 1.82) is 0 Å². The van der Waals surface area contributed by atoms with Gasteiger partial charge in [-0.15, -0.1) is 0 Å². The van der Waals surface area contributed by atoms with Gasteiger partial charge in [-0.3, -0.25) is 14.4 Å². The average Bonchev–Trinajstić information content (AvgIpc) is 2.94. The summed E-state index contributed by atoms with van der Waals surface area (Å²) in [5, 5.41) is 21.7. The van der Waals surface area contributed by atoms with E-state index in [-0.39, 0.29) is 25.9 Å². The van der Waals surface area contributed by atoms with Crippen LogP contribution in [-0.4, -0.2) is 40.8 Å². The molecule has 0 aromatic heterocycles. The van der Waals surface area contributed by atoms with Gasteiger partial charge in [0, 0.05) is 19.3 Å². The number of hydrogen-bond acceptors (Lipinski definition) is 9. The number of ether oxygens (including phenoxy) is 3. The Bertz CT molecular complexity index is 1170. The number of unbranched alkanes of at least 4 members (excludes halogenated alkanes) is 3. The number of methoxy groups -OCH3 is 1. The van der Waals surface area contributed by atoms with Gasteiger partial charge in [0.1, 0.15) is 12.4 Å². The third kappa shape index (κ3) is 8.30. The lowest BCUT2D eigenvalue weighted by atomic mass is 9.90. The number of ketones is 2. The van der Waals surface area contributed by atoms with E-state index in [0.717, 1.165) is 0 Å². The molecular weight excluding hydrogens is 504 g/mol. The molecule has 0 heterocycles. The number of aromatic hydroxyl groups is 2. The molecule has 0 atom stereocenters. The molecule has 2 rings (SSSR count). The van der Waals surface area contributed by atoms with Crippen LogP contribution in [0.4, 0.5) is 0 Å². The predicted molar refractivity (Wildman–Crippen MR) is 145 cm³/mol. The number of carbonyl (C=O) groups excluding carboxylic acids is 4. The predicted octanol–water partition coefficient (Wildman–Crippen LogP) is 6.30. The van der Waals surface area contributed by atoms with Crippen molar-refractivity contribution < 1.29 is 43.6 Å². The SMILES string of the molecule is CCCCC(=O)Oc1c(O)c(O)c(C(=O)CCCC)c(C(=O)OCc2ccc(OC)cc2)c1C(=O)CCCC. The molecule has 0 amide bonds. The van der Waals surface area contributed by atoms with E-state index in [1.54, 1.807) is 24.3 Å². The van der Waals surface area contributed by atoms with E-state index in [1.165, 1.54) is 7.11 Å². The van der Waals surface area contributed by atoms with E-state index in [4.69, 9.17) is 14.2 Å². The van der Waals surface area contributed by atoms with Gasteiger partial charge in [-0.1, -0.05) is 52.2 Å². The normalized spacial score (nSPS) is 10.7. The molecule has 0 spiro atoms. The van der Waals surface area contributed by atoms with E-state index in [2.05, 4.69) is 0 Å². The van der Waals surface area contributed by atoms with Gasteiger partial charge in [0.15, 0.2) is 23.1 Å². The minimum Gasteiger partial charge on any atom is -0.504 e. The van der Waals surface area contributed by atoms with Gasteiger partial charge in [0.05, 0.1) is 23.8 Å². The lowest BCUT2D eigenvalue weighted by Crippen LogP contribution is -2.21. The first-order valence-electron chi connectivity index (χ1n) is 13.4. The summed E-state index contributed by atoms with van der Waals surface area (Å²) in [7, 11) is 1.52. The number of esters is 2. The molecule has 0 saturated carbocycles. The highest BCUT2D eigenvalue weighted by atomic mass is 16.5. The van der Waals surface area contributed by atoms with E-state index in [0.29, 0.717) is 49.8 Å². The Kier molecular flexibility index (Phi) is 12.5. The van der Waals surface area contributed by atoms with Gasteiger partial charge in [-0.25, -0.2) is 4.79 Å². The van der Waals surface area contributed by atoms with E-state index in [9.17, 15) is 29.4 Å². The van der Waals surface area contributed by atoms with Gasteiger partial charge in [-0.05, 0) is 37.0 Å². The number of hydrogen-bond donors (Lipinski definition) is 2. The van der Waals surface area contributed by atoms with Crippen LogP contribution < -0.4 is 9.47 Å². The zero-order valence-corrected chi connectivity index (χ0v) is 23.1. The number of carbonyl (C=O) groups is 4. The maximum atomic E-state index is 13.5. The zero-order chi connectivity index (χ0) is 28.9. The summed E-state index contributed by atoms with van der Waals surface area (Å²) in [5.41, 5.74) is -0.868. The summed E-state index contributed by atoms with van der Waals surface area (Å²) in [4.78, 5) is 52.7. The van der Waals surface area contributed by atoms with Crippen molar-refractivity contribution >= 4 is 23.5 Å². The molecule has 0 bridgehead atoms. The summed E-state index contributed by atoms with van der Waals surface area (Å²) in [6, 6.07) is 6.73. The van der Waals surface area contributed by atoms with Gasteiger partial charge >= 0.3 is 11.9 Å². The van der Waals surface area contributed by atoms with Crippen molar-refractivity contribution in [1.82, 2.24) is 0 Å². The first-order chi connectivity index (χ1) is 18.7.